The zero-order chi connectivity index (χ0) is 24.1. The van der Waals surface area contributed by atoms with E-state index >= 15 is 0 Å². The Bertz CT molecular complexity index is 1210. The Morgan fingerprint density at radius 2 is 1.38 bits per heavy atom. The summed E-state index contributed by atoms with van der Waals surface area (Å²) in [6, 6.07) is 16.9. The number of aryl methyl sites for hydroxylation is 2. The lowest BCUT2D eigenvalue weighted by molar-refractivity contribution is 0.0600. The molecule has 0 fully saturated rings. The average Bonchev–Trinajstić information content (AvgIpc) is 2.90. The summed E-state index contributed by atoms with van der Waals surface area (Å²) in [4.78, 5) is 37.9. The summed E-state index contributed by atoms with van der Waals surface area (Å²) in [5.41, 5.74) is 2.53. The van der Waals surface area contributed by atoms with E-state index in [-0.39, 0.29) is 11.1 Å². The van der Waals surface area contributed by atoms with Crippen LogP contribution in [-0.2, 0) is 17.6 Å². The lowest BCUT2D eigenvalue weighted by Crippen LogP contribution is -2.20. The van der Waals surface area contributed by atoms with Gasteiger partial charge in [-0.2, -0.15) is 0 Å². The van der Waals surface area contributed by atoms with Crippen molar-refractivity contribution in [2.75, 3.05) is 27.4 Å². The maximum Gasteiger partial charge on any atom is 0.337 e. The molecule has 4 rings (SSSR count). The molecule has 0 saturated carbocycles. The summed E-state index contributed by atoms with van der Waals surface area (Å²) >= 11 is 0. The standard InChI is InChI=1S/C27H24O7/c1-31-21-11-4-17(5-12-21)3-6-20-15-23-24(34-14-13-33-23)16-22(20)26(29)25(28)18-7-9-19(10-8-18)27(30)32-2/h4-5,7-12,15-16H,3,6,13-14H2,1-2H3. The van der Waals surface area contributed by atoms with Gasteiger partial charge in [-0.15, -0.1) is 0 Å². The summed E-state index contributed by atoms with van der Waals surface area (Å²) in [5.74, 6) is -0.0638. The first kappa shape index (κ1) is 23.0. The molecule has 0 atom stereocenters. The summed E-state index contributed by atoms with van der Waals surface area (Å²) in [5, 5.41) is 0. The number of rotatable bonds is 8. The van der Waals surface area contributed by atoms with Gasteiger partial charge in [-0.25, -0.2) is 4.79 Å². The van der Waals surface area contributed by atoms with Crippen molar-refractivity contribution in [2.24, 2.45) is 0 Å². The van der Waals surface area contributed by atoms with Gasteiger partial charge in [0.1, 0.15) is 19.0 Å². The van der Waals surface area contributed by atoms with Crippen molar-refractivity contribution in [3.8, 4) is 17.2 Å². The van der Waals surface area contributed by atoms with Crippen LogP contribution in [0, 0.1) is 0 Å². The van der Waals surface area contributed by atoms with E-state index in [9.17, 15) is 14.4 Å². The monoisotopic (exact) mass is 460 g/mol. The van der Waals surface area contributed by atoms with Crippen molar-refractivity contribution in [1.29, 1.82) is 0 Å². The molecule has 0 radical (unpaired) electrons. The molecule has 0 amide bonds. The van der Waals surface area contributed by atoms with Crippen molar-refractivity contribution in [2.45, 2.75) is 12.8 Å². The van der Waals surface area contributed by atoms with Gasteiger partial charge in [-0.1, -0.05) is 24.3 Å². The third-order valence-corrected chi connectivity index (χ3v) is 5.63. The minimum Gasteiger partial charge on any atom is -0.497 e. The Morgan fingerprint density at radius 3 is 2.00 bits per heavy atom. The molecule has 7 heteroatoms. The number of ketones is 2. The molecule has 34 heavy (non-hydrogen) atoms. The largest absolute Gasteiger partial charge is 0.497 e. The highest BCUT2D eigenvalue weighted by Crippen LogP contribution is 2.34. The van der Waals surface area contributed by atoms with Crippen LogP contribution in [0.5, 0.6) is 17.2 Å². The molecule has 174 valence electrons. The number of esters is 1. The molecule has 0 aliphatic carbocycles. The summed E-state index contributed by atoms with van der Waals surface area (Å²) in [7, 11) is 2.89. The second-order valence-electron chi connectivity index (χ2n) is 7.73. The molecule has 0 unspecified atom stereocenters. The molecule has 1 heterocycles. The molecular weight excluding hydrogens is 436 g/mol. The number of hydrogen-bond acceptors (Lipinski definition) is 7. The van der Waals surface area contributed by atoms with Gasteiger partial charge in [0, 0.05) is 11.1 Å². The van der Waals surface area contributed by atoms with Crippen LogP contribution in [-0.4, -0.2) is 45.0 Å². The minimum absolute atomic E-state index is 0.189. The fourth-order valence-corrected chi connectivity index (χ4v) is 3.75. The lowest BCUT2D eigenvalue weighted by Gasteiger charge is -2.21. The van der Waals surface area contributed by atoms with Gasteiger partial charge in [0.15, 0.2) is 11.5 Å². The third-order valence-electron chi connectivity index (χ3n) is 5.63. The van der Waals surface area contributed by atoms with Crippen LogP contribution < -0.4 is 14.2 Å². The van der Waals surface area contributed by atoms with Gasteiger partial charge in [0.2, 0.25) is 11.6 Å². The summed E-state index contributed by atoms with van der Waals surface area (Å²) in [6.45, 7) is 0.790. The smallest absolute Gasteiger partial charge is 0.337 e. The number of carbonyl (C=O) groups excluding carboxylic acids is 3. The highest BCUT2D eigenvalue weighted by molar-refractivity contribution is 6.49. The van der Waals surface area contributed by atoms with Crippen molar-refractivity contribution in [3.63, 3.8) is 0 Å². The number of fused-ring (bicyclic) bond motifs is 1. The van der Waals surface area contributed by atoms with Crippen LogP contribution in [0.2, 0.25) is 0 Å². The summed E-state index contributed by atoms with van der Waals surface area (Å²) in [6.07, 6.45) is 1.19. The van der Waals surface area contributed by atoms with Crippen molar-refractivity contribution in [3.05, 3.63) is 88.5 Å². The van der Waals surface area contributed by atoms with Gasteiger partial charge in [0.25, 0.3) is 0 Å². The van der Waals surface area contributed by atoms with Crippen molar-refractivity contribution >= 4 is 17.5 Å². The Balaban J connectivity index is 1.61. The molecule has 0 aromatic heterocycles. The number of benzene rings is 3. The van der Waals surface area contributed by atoms with Gasteiger partial charge in [-0.3, -0.25) is 9.59 Å². The van der Waals surface area contributed by atoms with E-state index in [1.807, 2.05) is 24.3 Å². The molecule has 3 aromatic rings. The number of methoxy groups -OCH3 is 2. The molecule has 0 N–H and O–H groups in total. The molecule has 3 aromatic carbocycles. The topological polar surface area (TPSA) is 88.1 Å². The first-order valence-corrected chi connectivity index (χ1v) is 10.8. The van der Waals surface area contributed by atoms with Gasteiger partial charge >= 0.3 is 5.97 Å². The second kappa shape index (κ2) is 10.2. The molecule has 0 bridgehead atoms. The molecule has 1 aliphatic rings. The Hall–Kier alpha value is -4.13. The maximum absolute atomic E-state index is 13.3. The number of Topliss-reactive ketones (excluding diaryl/α,β-unsaturated/α-hetero) is 2. The first-order chi connectivity index (χ1) is 16.5. The normalized spacial score (nSPS) is 12.1. The predicted octanol–water partition coefficient (Wildman–Crippen LogP) is 4.10. The van der Waals surface area contributed by atoms with E-state index in [1.54, 1.807) is 19.2 Å². The lowest BCUT2D eigenvalue weighted by atomic mass is 9.93. The Labute approximate surface area is 197 Å². The van der Waals surface area contributed by atoms with Crippen LogP contribution in [0.3, 0.4) is 0 Å². The fourth-order valence-electron chi connectivity index (χ4n) is 3.75. The van der Waals surface area contributed by atoms with E-state index in [4.69, 9.17) is 14.2 Å². The first-order valence-electron chi connectivity index (χ1n) is 10.8. The molecule has 7 nitrogen and oxygen atoms in total. The van der Waals surface area contributed by atoms with Gasteiger partial charge in [0.05, 0.1) is 19.8 Å². The van der Waals surface area contributed by atoms with E-state index in [0.29, 0.717) is 48.7 Å². The summed E-state index contributed by atoms with van der Waals surface area (Å²) < 4.78 is 21.2. The van der Waals surface area contributed by atoms with Gasteiger partial charge < -0.3 is 18.9 Å². The zero-order valence-corrected chi connectivity index (χ0v) is 19.0. The van der Waals surface area contributed by atoms with E-state index < -0.39 is 17.5 Å². The number of ether oxygens (including phenoxy) is 4. The molecule has 0 spiro atoms. The van der Waals surface area contributed by atoms with Crippen LogP contribution in [0.25, 0.3) is 0 Å². The fraction of sp³-hybridized carbons (Fsp3) is 0.222. The second-order valence-corrected chi connectivity index (χ2v) is 7.73. The third kappa shape index (κ3) is 4.93. The number of carbonyl (C=O) groups is 3. The van der Waals surface area contributed by atoms with Gasteiger partial charge in [-0.05, 0) is 60.4 Å². The van der Waals surface area contributed by atoms with E-state index in [0.717, 1.165) is 11.3 Å². The SMILES string of the molecule is COC(=O)c1ccc(C(=O)C(=O)c2cc3c(cc2CCc2ccc(OC)cc2)OCCO3)cc1. The van der Waals surface area contributed by atoms with Crippen molar-refractivity contribution in [1.82, 2.24) is 0 Å². The Morgan fingerprint density at radius 1 is 0.765 bits per heavy atom. The van der Waals surface area contributed by atoms with E-state index in [2.05, 4.69) is 4.74 Å². The van der Waals surface area contributed by atoms with Crippen LogP contribution in [0.1, 0.15) is 42.2 Å². The Kier molecular flexibility index (Phi) is 6.92. The van der Waals surface area contributed by atoms with Crippen LogP contribution >= 0.6 is 0 Å². The van der Waals surface area contributed by atoms with Crippen LogP contribution in [0.4, 0.5) is 0 Å². The minimum atomic E-state index is -0.668. The quantitative estimate of drug-likeness (QED) is 0.284. The highest BCUT2D eigenvalue weighted by Gasteiger charge is 2.25. The molecule has 0 saturated heterocycles. The molecular formula is C27H24O7. The van der Waals surface area contributed by atoms with Crippen LogP contribution in [0.15, 0.2) is 60.7 Å². The molecule has 1 aliphatic heterocycles. The highest BCUT2D eigenvalue weighted by atomic mass is 16.6. The van der Waals surface area contributed by atoms with Crippen molar-refractivity contribution < 1.29 is 33.3 Å². The van der Waals surface area contributed by atoms with E-state index in [1.165, 1.54) is 31.4 Å². The zero-order valence-electron chi connectivity index (χ0n) is 19.0. The number of hydrogen-bond donors (Lipinski definition) is 0. The predicted molar refractivity (Wildman–Crippen MR) is 124 cm³/mol. The maximum atomic E-state index is 13.3. The average molecular weight is 460 g/mol.